The van der Waals surface area contributed by atoms with Crippen molar-refractivity contribution in [2.75, 3.05) is 20.3 Å². The highest BCUT2D eigenvalue weighted by atomic mass is 16.5. The Balaban J connectivity index is 2.14. The Bertz CT molecular complexity index is 1100. The molecule has 2 aromatic carbocycles. The Morgan fingerprint density at radius 1 is 1.17 bits per heavy atom. The lowest BCUT2D eigenvalue weighted by molar-refractivity contribution is 0.0535. The van der Waals surface area contributed by atoms with Crippen molar-refractivity contribution in [3.63, 3.8) is 0 Å². The van der Waals surface area contributed by atoms with Gasteiger partial charge in [-0.15, -0.1) is 0 Å². The Kier molecular flexibility index (Phi) is 6.49. The second kappa shape index (κ2) is 9.06. The van der Waals surface area contributed by atoms with Crippen LogP contribution in [0, 0.1) is 0 Å². The van der Waals surface area contributed by atoms with Crippen molar-refractivity contribution in [2.24, 2.45) is 0 Å². The summed E-state index contributed by atoms with van der Waals surface area (Å²) in [5, 5.41) is 39.1. The number of fused-ring (bicyclic) bond motifs is 1. The topological polar surface area (TPSA) is 130 Å². The molecule has 0 bridgehead atoms. The molecule has 3 rings (SSSR count). The molecule has 0 amide bonds. The number of aliphatic hydroxyl groups excluding tert-OH is 2. The van der Waals surface area contributed by atoms with Gasteiger partial charge in [0.15, 0.2) is 16.9 Å². The number of phenolic OH excluding ortho intramolecular Hbond substituents is 2. The third kappa shape index (κ3) is 4.19. The van der Waals surface area contributed by atoms with E-state index in [1.165, 1.54) is 25.3 Å². The summed E-state index contributed by atoms with van der Waals surface area (Å²) in [6.07, 6.45) is 0.200. The maximum absolute atomic E-state index is 12.7. The third-order valence-electron chi connectivity index (χ3n) is 4.67. The van der Waals surface area contributed by atoms with Crippen molar-refractivity contribution in [3.05, 3.63) is 46.1 Å². The molecule has 0 unspecified atom stereocenters. The summed E-state index contributed by atoms with van der Waals surface area (Å²) in [5.41, 5.74) is 0.755. The van der Waals surface area contributed by atoms with Gasteiger partial charge < -0.3 is 34.3 Å². The second-order valence-electron chi connectivity index (χ2n) is 6.83. The molecule has 4 N–H and O–H groups in total. The van der Waals surface area contributed by atoms with Crippen LogP contribution < -0.4 is 14.9 Å². The van der Waals surface area contributed by atoms with E-state index in [-0.39, 0.29) is 40.6 Å². The van der Waals surface area contributed by atoms with Crippen LogP contribution >= 0.6 is 0 Å². The lowest BCUT2D eigenvalue weighted by atomic mass is 9.98. The maximum Gasteiger partial charge on any atom is 0.197 e. The zero-order valence-corrected chi connectivity index (χ0v) is 16.7. The average Bonchev–Trinajstić information content (AvgIpc) is 2.72. The molecule has 30 heavy (non-hydrogen) atoms. The van der Waals surface area contributed by atoms with E-state index in [4.69, 9.17) is 19.0 Å². The van der Waals surface area contributed by atoms with Crippen molar-refractivity contribution >= 4 is 11.0 Å². The molecule has 1 atom stereocenters. The van der Waals surface area contributed by atoms with Gasteiger partial charge in [-0.25, -0.2) is 0 Å². The first kappa shape index (κ1) is 21.5. The van der Waals surface area contributed by atoms with Crippen LogP contribution in [-0.2, 0) is 6.42 Å². The highest BCUT2D eigenvalue weighted by Crippen LogP contribution is 2.39. The van der Waals surface area contributed by atoms with Crippen LogP contribution in [0.25, 0.3) is 22.3 Å². The quantitative estimate of drug-likeness (QED) is 0.441. The standard InChI is InChI=1S/C22H24O8/c1-3-4-15-14(5-6-18(28-2)22(15)27)19-9-17(26)21-16(25)7-13(8-20(21)30-19)29-11-12(24)10-23/h5-9,12,23-25,27H,3-4,10-11H2,1-2H3/t12-/m0/s1. The predicted molar refractivity (Wildman–Crippen MR) is 110 cm³/mol. The molecule has 0 saturated carbocycles. The fraction of sp³-hybridized carbons (Fsp3) is 0.318. The summed E-state index contributed by atoms with van der Waals surface area (Å²) in [5.74, 6) is 0.367. The van der Waals surface area contributed by atoms with Crippen LogP contribution in [0.2, 0.25) is 0 Å². The number of rotatable bonds is 8. The van der Waals surface area contributed by atoms with Gasteiger partial charge in [-0.1, -0.05) is 13.3 Å². The van der Waals surface area contributed by atoms with Gasteiger partial charge >= 0.3 is 0 Å². The minimum Gasteiger partial charge on any atom is -0.507 e. The van der Waals surface area contributed by atoms with Gasteiger partial charge in [0.1, 0.15) is 40.9 Å². The highest BCUT2D eigenvalue weighted by molar-refractivity contribution is 5.86. The molecular weight excluding hydrogens is 392 g/mol. The normalized spacial score (nSPS) is 12.1. The van der Waals surface area contributed by atoms with E-state index in [0.29, 0.717) is 23.3 Å². The molecule has 0 aliphatic rings. The first-order chi connectivity index (χ1) is 14.4. The van der Waals surface area contributed by atoms with Crippen LogP contribution in [0.15, 0.2) is 39.5 Å². The number of phenols is 2. The predicted octanol–water partition coefficient (Wildman–Crippen LogP) is 2.56. The maximum atomic E-state index is 12.7. The van der Waals surface area contributed by atoms with Crippen LogP contribution in [0.1, 0.15) is 18.9 Å². The van der Waals surface area contributed by atoms with Gasteiger partial charge in [0.25, 0.3) is 0 Å². The van der Waals surface area contributed by atoms with Gasteiger partial charge in [0.2, 0.25) is 0 Å². The van der Waals surface area contributed by atoms with E-state index < -0.39 is 18.1 Å². The smallest absolute Gasteiger partial charge is 0.197 e. The number of benzene rings is 2. The van der Waals surface area contributed by atoms with E-state index in [9.17, 15) is 20.1 Å². The van der Waals surface area contributed by atoms with Crippen LogP contribution in [0.3, 0.4) is 0 Å². The lowest BCUT2D eigenvalue weighted by Gasteiger charge is -2.14. The molecule has 0 fully saturated rings. The number of methoxy groups -OCH3 is 1. The van der Waals surface area contributed by atoms with Crippen molar-refractivity contribution in [2.45, 2.75) is 25.9 Å². The Morgan fingerprint density at radius 2 is 1.93 bits per heavy atom. The van der Waals surface area contributed by atoms with E-state index >= 15 is 0 Å². The highest BCUT2D eigenvalue weighted by Gasteiger charge is 2.19. The minimum atomic E-state index is -1.08. The minimum absolute atomic E-state index is 0.0106. The molecule has 8 nitrogen and oxygen atoms in total. The van der Waals surface area contributed by atoms with Gasteiger partial charge in [-0.05, 0) is 18.6 Å². The number of aromatic hydroxyl groups is 2. The van der Waals surface area contributed by atoms with Crippen LogP contribution in [0.5, 0.6) is 23.0 Å². The SMILES string of the molecule is CCCc1c(-c2cc(=O)c3c(O)cc(OC[C@@H](O)CO)cc3o2)ccc(OC)c1O. The van der Waals surface area contributed by atoms with Gasteiger partial charge in [-0.2, -0.15) is 0 Å². The molecule has 8 heteroatoms. The fourth-order valence-corrected chi connectivity index (χ4v) is 3.22. The molecule has 1 aromatic heterocycles. The summed E-state index contributed by atoms with van der Waals surface area (Å²) >= 11 is 0. The molecular formula is C22H24O8. The van der Waals surface area contributed by atoms with Crippen molar-refractivity contribution in [1.29, 1.82) is 0 Å². The van der Waals surface area contributed by atoms with Crippen LogP contribution in [0.4, 0.5) is 0 Å². The molecule has 0 aliphatic carbocycles. The van der Waals surface area contributed by atoms with E-state index in [2.05, 4.69) is 0 Å². The van der Waals surface area contributed by atoms with Crippen molar-refractivity contribution in [3.8, 4) is 34.3 Å². The Hall–Kier alpha value is -3.23. The molecule has 160 valence electrons. The van der Waals surface area contributed by atoms with Crippen LogP contribution in [-0.4, -0.2) is 46.9 Å². The first-order valence-corrected chi connectivity index (χ1v) is 9.51. The van der Waals surface area contributed by atoms with Crippen molar-refractivity contribution in [1.82, 2.24) is 0 Å². The Labute approximate surface area is 172 Å². The van der Waals surface area contributed by atoms with Gasteiger partial charge in [0.05, 0.1) is 13.7 Å². The zero-order valence-electron chi connectivity index (χ0n) is 16.7. The van der Waals surface area contributed by atoms with Crippen molar-refractivity contribution < 1.29 is 34.3 Å². The molecule has 1 heterocycles. The summed E-state index contributed by atoms with van der Waals surface area (Å²) in [6.45, 7) is 1.29. The fourth-order valence-electron chi connectivity index (χ4n) is 3.22. The molecule has 0 spiro atoms. The molecule has 0 aliphatic heterocycles. The largest absolute Gasteiger partial charge is 0.507 e. The number of aliphatic hydroxyl groups is 2. The summed E-state index contributed by atoms with van der Waals surface area (Å²) in [4.78, 5) is 12.7. The summed E-state index contributed by atoms with van der Waals surface area (Å²) in [6, 6.07) is 7.21. The Morgan fingerprint density at radius 3 is 2.60 bits per heavy atom. The molecule has 0 saturated heterocycles. The third-order valence-corrected chi connectivity index (χ3v) is 4.67. The molecule has 0 radical (unpaired) electrons. The number of hydrogen-bond donors (Lipinski definition) is 4. The van der Waals surface area contributed by atoms with E-state index in [1.807, 2.05) is 6.92 Å². The van der Waals surface area contributed by atoms with Gasteiger partial charge in [-0.3, -0.25) is 4.79 Å². The monoisotopic (exact) mass is 416 g/mol. The second-order valence-corrected chi connectivity index (χ2v) is 6.83. The van der Waals surface area contributed by atoms with E-state index in [1.54, 1.807) is 12.1 Å². The average molecular weight is 416 g/mol. The summed E-state index contributed by atoms with van der Waals surface area (Å²) in [7, 11) is 1.46. The number of hydrogen-bond acceptors (Lipinski definition) is 8. The lowest BCUT2D eigenvalue weighted by Crippen LogP contribution is -2.21. The summed E-state index contributed by atoms with van der Waals surface area (Å²) < 4.78 is 16.4. The van der Waals surface area contributed by atoms with E-state index in [0.717, 1.165) is 6.42 Å². The first-order valence-electron chi connectivity index (χ1n) is 9.51. The van der Waals surface area contributed by atoms with Gasteiger partial charge in [0, 0.05) is 29.3 Å². The zero-order chi connectivity index (χ0) is 21.8. The molecule has 3 aromatic rings. The number of ether oxygens (including phenoxy) is 2.